The van der Waals surface area contributed by atoms with Gasteiger partial charge in [0.15, 0.2) is 0 Å². The molecule has 4 nitrogen and oxygen atoms in total. The number of amides is 2. The van der Waals surface area contributed by atoms with Crippen LogP contribution in [0.5, 0.6) is 0 Å². The minimum Gasteiger partial charge on any atom is -0.369 e. The third-order valence-electron chi connectivity index (χ3n) is 6.35. The minimum atomic E-state index is -0.538. The van der Waals surface area contributed by atoms with Crippen molar-refractivity contribution in [1.29, 1.82) is 0 Å². The van der Waals surface area contributed by atoms with Gasteiger partial charge in [-0.25, -0.2) is 0 Å². The van der Waals surface area contributed by atoms with Gasteiger partial charge in [-0.15, -0.1) is 0 Å². The number of primary amides is 2. The van der Waals surface area contributed by atoms with E-state index in [9.17, 15) is 9.59 Å². The molecule has 4 N–H and O–H groups in total. The molecule has 2 saturated carbocycles. The van der Waals surface area contributed by atoms with Crippen molar-refractivity contribution >= 4 is 11.8 Å². The summed E-state index contributed by atoms with van der Waals surface area (Å²) in [5, 5.41) is 0. The van der Waals surface area contributed by atoms with E-state index in [4.69, 9.17) is 11.5 Å². The number of carbonyl (C=O) groups excluding carboxylic acids is 2. The summed E-state index contributed by atoms with van der Waals surface area (Å²) in [7, 11) is 0. The molecule has 0 heterocycles. The van der Waals surface area contributed by atoms with Gasteiger partial charge in [0.2, 0.25) is 11.8 Å². The summed E-state index contributed by atoms with van der Waals surface area (Å²) in [4.78, 5) is 24.4. The average molecular weight is 328 g/mol. The van der Waals surface area contributed by atoms with Crippen molar-refractivity contribution in [3.8, 4) is 0 Å². The zero-order valence-electron chi connectivity index (χ0n) is 14.4. The van der Waals surface area contributed by atoms with Gasteiger partial charge in [0.1, 0.15) is 0 Å². The molecule has 0 atom stereocenters. The highest BCUT2D eigenvalue weighted by molar-refractivity contribution is 5.88. The average Bonchev–Trinajstić information content (AvgIpc) is 2.62. The molecule has 4 heteroatoms. The van der Waals surface area contributed by atoms with Gasteiger partial charge >= 0.3 is 0 Å². The van der Waals surface area contributed by atoms with Gasteiger partial charge in [-0.1, -0.05) is 62.8 Å². The summed E-state index contributed by atoms with van der Waals surface area (Å²) in [5.74, 6) is -0.450. The Hall–Kier alpha value is -1.84. The first-order valence-corrected chi connectivity index (χ1v) is 9.22. The molecule has 2 fully saturated rings. The first-order valence-electron chi connectivity index (χ1n) is 9.22. The van der Waals surface area contributed by atoms with Gasteiger partial charge in [0, 0.05) is 0 Å². The molecule has 1 aromatic rings. The predicted molar refractivity (Wildman–Crippen MR) is 94.4 cm³/mol. The van der Waals surface area contributed by atoms with Crippen molar-refractivity contribution in [2.45, 2.75) is 75.0 Å². The fourth-order valence-electron chi connectivity index (χ4n) is 4.77. The Bertz CT molecular complexity index is 554. The fourth-order valence-corrected chi connectivity index (χ4v) is 4.77. The summed E-state index contributed by atoms with van der Waals surface area (Å²) in [6, 6.07) is 8.02. The van der Waals surface area contributed by atoms with E-state index in [1.54, 1.807) is 0 Å². The van der Waals surface area contributed by atoms with Gasteiger partial charge in [-0.3, -0.25) is 9.59 Å². The lowest BCUT2D eigenvalue weighted by atomic mass is 9.66. The molecule has 1 aromatic carbocycles. The molecule has 24 heavy (non-hydrogen) atoms. The number of benzene rings is 1. The smallest absolute Gasteiger partial charge is 0.228 e. The third-order valence-corrected chi connectivity index (χ3v) is 6.35. The highest BCUT2D eigenvalue weighted by Gasteiger charge is 2.42. The first-order chi connectivity index (χ1) is 11.5. The van der Waals surface area contributed by atoms with Crippen LogP contribution in [0.2, 0.25) is 0 Å². The molecule has 3 rings (SSSR count). The van der Waals surface area contributed by atoms with Gasteiger partial charge < -0.3 is 11.5 Å². The molecule has 0 aliphatic heterocycles. The topological polar surface area (TPSA) is 86.2 Å². The van der Waals surface area contributed by atoms with Crippen molar-refractivity contribution in [3.63, 3.8) is 0 Å². The number of hydrogen-bond acceptors (Lipinski definition) is 2. The summed E-state index contributed by atoms with van der Waals surface area (Å²) in [6.07, 6.45) is 9.77. The second kappa shape index (κ2) is 6.58. The van der Waals surface area contributed by atoms with Crippen LogP contribution in [0.3, 0.4) is 0 Å². The normalized spacial score (nSPS) is 22.7. The molecule has 0 spiro atoms. The Morgan fingerprint density at radius 2 is 0.917 bits per heavy atom. The van der Waals surface area contributed by atoms with E-state index in [1.807, 2.05) is 24.3 Å². The molecule has 2 amide bonds. The molecular formula is C20H28N2O2. The Morgan fingerprint density at radius 1 is 0.625 bits per heavy atom. The van der Waals surface area contributed by atoms with Crippen LogP contribution in [0.15, 0.2) is 24.3 Å². The molecule has 0 saturated heterocycles. The second-order valence-corrected chi connectivity index (χ2v) is 7.59. The standard InChI is InChI=1S/C20H28N2O2/c21-17(23)19(11-3-1-4-12-19)15-7-9-16(10-8-15)20(18(22)24)13-5-2-6-14-20/h7-10H,1-6,11-14H2,(H2,21,23)(H2,22,24). The van der Waals surface area contributed by atoms with Crippen molar-refractivity contribution in [2.75, 3.05) is 0 Å². The largest absolute Gasteiger partial charge is 0.369 e. The molecular weight excluding hydrogens is 300 g/mol. The summed E-state index contributed by atoms with van der Waals surface area (Å²) >= 11 is 0. The summed E-state index contributed by atoms with van der Waals surface area (Å²) < 4.78 is 0. The minimum absolute atomic E-state index is 0.225. The monoisotopic (exact) mass is 328 g/mol. The lowest BCUT2D eigenvalue weighted by Crippen LogP contribution is -2.44. The zero-order valence-corrected chi connectivity index (χ0v) is 14.4. The van der Waals surface area contributed by atoms with Gasteiger partial charge in [-0.05, 0) is 36.8 Å². The van der Waals surface area contributed by atoms with E-state index in [2.05, 4.69) is 0 Å². The highest BCUT2D eigenvalue weighted by atomic mass is 16.1. The van der Waals surface area contributed by atoms with E-state index in [0.717, 1.165) is 75.3 Å². The SMILES string of the molecule is NC(=O)C1(c2ccc(C3(C(N)=O)CCCCC3)cc2)CCCCC1. The summed E-state index contributed by atoms with van der Waals surface area (Å²) in [5.41, 5.74) is 12.5. The lowest BCUT2D eigenvalue weighted by molar-refractivity contribution is -0.125. The quantitative estimate of drug-likeness (QED) is 0.890. The van der Waals surface area contributed by atoms with Gasteiger partial charge in [0.05, 0.1) is 10.8 Å². The van der Waals surface area contributed by atoms with Gasteiger partial charge in [-0.2, -0.15) is 0 Å². The van der Waals surface area contributed by atoms with Crippen molar-refractivity contribution in [2.24, 2.45) is 11.5 Å². The number of hydrogen-bond donors (Lipinski definition) is 2. The summed E-state index contributed by atoms with van der Waals surface area (Å²) in [6.45, 7) is 0. The van der Waals surface area contributed by atoms with E-state index in [0.29, 0.717) is 0 Å². The molecule has 0 bridgehead atoms. The molecule has 0 radical (unpaired) electrons. The molecule has 0 unspecified atom stereocenters. The van der Waals surface area contributed by atoms with Crippen LogP contribution in [0, 0.1) is 0 Å². The number of carbonyl (C=O) groups is 2. The van der Waals surface area contributed by atoms with E-state index in [-0.39, 0.29) is 11.8 Å². The maximum Gasteiger partial charge on any atom is 0.228 e. The van der Waals surface area contributed by atoms with E-state index >= 15 is 0 Å². The van der Waals surface area contributed by atoms with Crippen LogP contribution in [0.1, 0.15) is 75.3 Å². The molecule has 2 aliphatic carbocycles. The Morgan fingerprint density at radius 3 is 1.17 bits per heavy atom. The van der Waals surface area contributed by atoms with Crippen LogP contribution in [-0.4, -0.2) is 11.8 Å². The molecule has 2 aliphatic rings. The molecule has 130 valence electrons. The molecule has 0 aromatic heterocycles. The number of rotatable bonds is 4. The second-order valence-electron chi connectivity index (χ2n) is 7.59. The Kier molecular flexibility index (Phi) is 4.66. The van der Waals surface area contributed by atoms with Crippen LogP contribution in [0.4, 0.5) is 0 Å². The maximum atomic E-state index is 12.2. The first kappa shape index (κ1) is 17.0. The predicted octanol–water partition coefficient (Wildman–Crippen LogP) is 3.06. The highest BCUT2D eigenvalue weighted by Crippen LogP contribution is 2.42. The Labute approximate surface area is 144 Å². The van der Waals surface area contributed by atoms with Crippen molar-refractivity contribution in [1.82, 2.24) is 0 Å². The van der Waals surface area contributed by atoms with Crippen LogP contribution >= 0.6 is 0 Å². The number of nitrogens with two attached hydrogens (primary N) is 2. The van der Waals surface area contributed by atoms with Crippen molar-refractivity contribution in [3.05, 3.63) is 35.4 Å². The van der Waals surface area contributed by atoms with E-state index < -0.39 is 10.8 Å². The Balaban J connectivity index is 1.94. The van der Waals surface area contributed by atoms with Gasteiger partial charge in [0.25, 0.3) is 0 Å². The zero-order chi connectivity index (χ0) is 17.2. The van der Waals surface area contributed by atoms with E-state index in [1.165, 1.54) is 0 Å². The van der Waals surface area contributed by atoms with Crippen LogP contribution in [-0.2, 0) is 20.4 Å². The third kappa shape index (κ3) is 2.72. The fraction of sp³-hybridized carbons (Fsp3) is 0.600. The van der Waals surface area contributed by atoms with Crippen molar-refractivity contribution < 1.29 is 9.59 Å². The van der Waals surface area contributed by atoms with Crippen LogP contribution in [0.25, 0.3) is 0 Å². The maximum absolute atomic E-state index is 12.2. The van der Waals surface area contributed by atoms with Crippen LogP contribution < -0.4 is 11.5 Å². The lowest BCUT2D eigenvalue weighted by Gasteiger charge is -2.37.